The largest absolute Gasteiger partial charge is 0.494 e. The van der Waals surface area contributed by atoms with Crippen LogP contribution in [-0.2, 0) is 6.42 Å². The molecular formula is C15H19FN4O. The van der Waals surface area contributed by atoms with Gasteiger partial charge in [0.25, 0.3) is 0 Å². The van der Waals surface area contributed by atoms with Gasteiger partial charge in [-0.1, -0.05) is 6.92 Å². The molecule has 112 valence electrons. The molecule has 1 aromatic heterocycles. The molecule has 0 bridgehead atoms. The van der Waals surface area contributed by atoms with Crippen LogP contribution in [0.5, 0.6) is 5.75 Å². The van der Waals surface area contributed by atoms with Crippen LogP contribution in [0.1, 0.15) is 18.3 Å². The van der Waals surface area contributed by atoms with Crippen LogP contribution in [0.3, 0.4) is 0 Å². The van der Waals surface area contributed by atoms with Crippen LogP contribution in [-0.4, -0.2) is 24.1 Å². The minimum absolute atomic E-state index is 0.345. The maximum Gasteiger partial charge on any atom is 0.145 e. The van der Waals surface area contributed by atoms with E-state index in [0.29, 0.717) is 17.3 Å². The van der Waals surface area contributed by atoms with Crippen molar-refractivity contribution in [3.63, 3.8) is 0 Å². The highest BCUT2D eigenvalue weighted by atomic mass is 19.1. The number of methoxy groups -OCH3 is 1. The minimum Gasteiger partial charge on any atom is -0.494 e. The van der Waals surface area contributed by atoms with Gasteiger partial charge in [0.15, 0.2) is 0 Å². The lowest BCUT2D eigenvalue weighted by Crippen LogP contribution is -2.07. The molecule has 0 saturated carbocycles. The fourth-order valence-corrected chi connectivity index (χ4v) is 1.98. The molecule has 5 nitrogen and oxygen atoms in total. The zero-order valence-electron chi connectivity index (χ0n) is 12.6. The molecule has 0 saturated heterocycles. The van der Waals surface area contributed by atoms with Crippen molar-refractivity contribution in [1.82, 2.24) is 9.97 Å². The van der Waals surface area contributed by atoms with Gasteiger partial charge >= 0.3 is 0 Å². The number of anilines is 3. The molecule has 0 amide bonds. The minimum atomic E-state index is -0.345. The molecule has 21 heavy (non-hydrogen) atoms. The summed E-state index contributed by atoms with van der Waals surface area (Å²) in [6.45, 7) is 3.91. The van der Waals surface area contributed by atoms with E-state index in [0.717, 1.165) is 23.6 Å². The van der Waals surface area contributed by atoms with Gasteiger partial charge in [-0.15, -0.1) is 0 Å². The third-order valence-corrected chi connectivity index (χ3v) is 3.16. The van der Waals surface area contributed by atoms with E-state index < -0.39 is 0 Å². The number of aryl methyl sites for hydroxylation is 1. The summed E-state index contributed by atoms with van der Waals surface area (Å²) in [7, 11) is 3.32. The number of rotatable bonds is 5. The Kier molecular flexibility index (Phi) is 4.57. The molecule has 0 unspecified atom stereocenters. The molecule has 0 aliphatic carbocycles. The SMILES string of the molecule is CCc1nc(NC)c(C)c(Nc2ccc(F)cc2OC)n1. The summed E-state index contributed by atoms with van der Waals surface area (Å²) >= 11 is 0. The highest BCUT2D eigenvalue weighted by Crippen LogP contribution is 2.30. The van der Waals surface area contributed by atoms with E-state index >= 15 is 0 Å². The number of hydrogen-bond donors (Lipinski definition) is 2. The van der Waals surface area contributed by atoms with Crippen molar-refractivity contribution in [2.24, 2.45) is 0 Å². The maximum absolute atomic E-state index is 13.2. The van der Waals surface area contributed by atoms with Gasteiger partial charge in [-0.25, -0.2) is 14.4 Å². The van der Waals surface area contributed by atoms with Crippen molar-refractivity contribution in [3.05, 3.63) is 35.4 Å². The van der Waals surface area contributed by atoms with Crippen LogP contribution in [0.2, 0.25) is 0 Å². The summed E-state index contributed by atoms with van der Waals surface area (Å²) < 4.78 is 18.4. The Morgan fingerprint density at radius 1 is 1.24 bits per heavy atom. The van der Waals surface area contributed by atoms with Crippen LogP contribution in [0, 0.1) is 12.7 Å². The van der Waals surface area contributed by atoms with E-state index in [1.807, 2.05) is 20.9 Å². The van der Waals surface area contributed by atoms with Crippen molar-refractivity contribution in [1.29, 1.82) is 0 Å². The summed E-state index contributed by atoms with van der Waals surface area (Å²) in [5.41, 5.74) is 1.55. The number of nitrogens with zero attached hydrogens (tertiary/aromatic N) is 2. The van der Waals surface area contributed by atoms with Crippen molar-refractivity contribution < 1.29 is 9.13 Å². The third kappa shape index (κ3) is 3.21. The van der Waals surface area contributed by atoms with Crippen LogP contribution in [0.4, 0.5) is 21.7 Å². The molecule has 0 aliphatic heterocycles. The van der Waals surface area contributed by atoms with Gasteiger partial charge < -0.3 is 15.4 Å². The number of aromatic nitrogens is 2. The molecule has 0 fully saturated rings. The van der Waals surface area contributed by atoms with Crippen LogP contribution < -0.4 is 15.4 Å². The van der Waals surface area contributed by atoms with Gasteiger partial charge in [0.05, 0.1) is 12.8 Å². The van der Waals surface area contributed by atoms with E-state index in [4.69, 9.17) is 4.74 Å². The van der Waals surface area contributed by atoms with Gasteiger partial charge in [-0.05, 0) is 19.1 Å². The monoisotopic (exact) mass is 290 g/mol. The Bertz CT molecular complexity index is 646. The smallest absolute Gasteiger partial charge is 0.145 e. The Hall–Kier alpha value is -2.37. The summed E-state index contributed by atoms with van der Waals surface area (Å²) in [6, 6.07) is 4.33. The molecule has 0 atom stereocenters. The predicted molar refractivity (Wildman–Crippen MR) is 81.9 cm³/mol. The van der Waals surface area contributed by atoms with Gasteiger partial charge in [-0.3, -0.25) is 0 Å². The first-order chi connectivity index (χ1) is 10.1. The lowest BCUT2D eigenvalue weighted by molar-refractivity contribution is 0.413. The van der Waals surface area contributed by atoms with Crippen LogP contribution >= 0.6 is 0 Å². The first kappa shape index (κ1) is 15.0. The second-order valence-corrected chi connectivity index (χ2v) is 4.54. The van der Waals surface area contributed by atoms with E-state index in [-0.39, 0.29) is 5.82 Å². The Morgan fingerprint density at radius 3 is 2.57 bits per heavy atom. The first-order valence-electron chi connectivity index (χ1n) is 6.74. The molecule has 1 aromatic carbocycles. The van der Waals surface area contributed by atoms with E-state index in [1.54, 1.807) is 6.07 Å². The zero-order valence-corrected chi connectivity index (χ0v) is 12.6. The standard InChI is InChI=1S/C15H19FN4O/c1-5-13-19-14(17-3)9(2)15(20-13)18-11-7-6-10(16)8-12(11)21-4/h6-8H,5H2,1-4H3,(H2,17,18,19,20). The highest BCUT2D eigenvalue weighted by molar-refractivity contribution is 5.69. The zero-order chi connectivity index (χ0) is 15.4. The fraction of sp³-hybridized carbons (Fsp3) is 0.333. The van der Waals surface area contributed by atoms with E-state index in [1.165, 1.54) is 19.2 Å². The molecule has 2 rings (SSSR count). The number of ether oxygens (including phenoxy) is 1. The van der Waals surface area contributed by atoms with E-state index in [2.05, 4.69) is 20.6 Å². The van der Waals surface area contributed by atoms with Gasteiger partial charge in [0, 0.05) is 25.1 Å². The summed E-state index contributed by atoms with van der Waals surface area (Å²) in [5.74, 6) is 2.26. The molecule has 6 heteroatoms. The first-order valence-corrected chi connectivity index (χ1v) is 6.74. The van der Waals surface area contributed by atoms with Crippen LogP contribution in [0.25, 0.3) is 0 Å². The maximum atomic E-state index is 13.2. The van der Waals surface area contributed by atoms with Crippen LogP contribution in [0.15, 0.2) is 18.2 Å². The van der Waals surface area contributed by atoms with E-state index in [9.17, 15) is 4.39 Å². The number of benzene rings is 1. The van der Waals surface area contributed by atoms with Gasteiger partial charge in [0.2, 0.25) is 0 Å². The van der Waals surface area contributed by atoms with Crippen molar-refractivity contribution in [2.75, 3.05) is 24.8 Å². The predicted octanol–water partition coefficient (Wildman–Crippen LogP) is 3.28. The second-order valence-electron chi connectivity index (χ2n) is 4.54. The second kappa shape index (κ2) is 6.39. The third-order valence-electron chi connectivity index (χ3n) is 3.16. The molecule has 0 spiro atoms. The highest BCUT2D eigenvalue weighted by Gasteiger charge is 2.12. The average Bonchev–Trinajstić information content (AvgIpc) is 2.50. The Balaban J connectivity index is 2.43. The lowest BCUT2D eigenvalue weighted by atomic mass is 10.2. The van der Waals surface area contributed by atoms with Crippen molar-refractivity contribution in [2.45, 2.75) is 20.3 Å². The average molecular weight is 290 g/mol. The van der Waals surface area contributed by atoms with Crippen molar-refractivity contribution in [3.8, 4) is 5.75 Å². The molecule has 0 radical (unpaired) electrons. The van der Waals surface area contributed by atoms with Gasteiger partial charge in [-0.2, -0.15) is 0 Å². The summed E-state index contributed by atoms with van der Waals surface area (Å²) in [6.07, 6.45) is 0.726. The summed E-state index contributed by atoms with van der Waals surface area (Å²) in [4.78, 5) is 8.90. The number of halogens is 1. The Labute approximate surface area is 123 Å². The normalized spacial score (nSPS) is 10.3. The summed E-state index contributed by atoms with van der Waals surface area (Å²) in [5, 5.41) is 6.24. The molecular weight excluding hydrogens is 271 g/mol. The number of nitrogens with one attached hydrogen (secondary N) is 2. The molecule has 2 aromatic rings. The van der Waals surface area contributed by atoms with Gasteiger partial charge in [0.1, 0.15) is 29.0 Å². The quantitative estimate of drug-likeness (QED) is 0.885. The van der Waals surface area contributed by atoms with Crippen molar-refractivity contribution >= 4 is 17.3 Å². The number of hydrogen-bond acceptors (Lipinski definition) is 5. The molecule has 1 heterocycles. The molecule has 0 aliphatic rings. The Morgan fingerprint density at radius 2 is 1.95 bits per heavy atom. The fourth-order valence-electron chi connectivity index (χ4n) is 1.98. The lowest BCUT2D eigenvalue weighted by Gasteiger charge is -2.15. The topological polar surface area (TPSA) is 59.1 Å². The molecule has 2 N–H and O–H groups in total.